The smallest absolute Gasteiger partial charge is 0.266 e. The summed E-state index contributed by atoms with van der Waals surface area (Å²) in [5, 5.41) is 12.7. The summed E-state index contributed by atoms with van der Waals surface area (Å²) in [5.41, 5.74) is 1.03. The van der Waals surface area contributed by atoms with Gasteiger partial charge in [0.2, 0.25) is 0 Å². The van der Waals surface area contributed by atoms with Gasteiger partial charge in [0.15, 0.2) is 11.5 Å². The molecule has 1 N–H and O–H groups in total. The average molecular weight is 419 g/mol. The molecular formula is C21H20Cl2N2O3. The monoisotopic (exact) mass is 418 g/mol. The third-order valence-corrected chi connectivity index (χ3v) is 4.32. The van der Waals surface area contributed by atoms with Crippen LogP contribution in [0.4, 0.5) is 5.69 Å². The first-order valence-electron chi connectivity index (χ1n) is 8.76. The fourth-order valence-electron chi connectivity index (χ4n) is 2.30. The van der Waals surface area contributed by atoms with Gasteiger partial charge in [0.05, 0.1) is 23.3 Å². The van der Waals surface area contributed by atoms with E-state index in [4.69, 9.17) is 32.7 Å². The highest BCUT2D eigenvalue weighted by atomic mass is 35.5. The largest absolute Gasteiger partial charge is 0.490 e. The van der Waals surface area contributed by atoms with Gasteiger partial charge in [-0.3, -0.25) is 4.79 Å². The third-order valence-electron chi connectivity index (χ3n) is 3.58. The number of carbonyl (C=O) groups is 1. The van der Waals surface area contributed by atoms with Crippen molar-refractivity contribution in [3.63, 3.8) is 0 Å². The number of ether oxygens (including phenoxy) is 2. The van der Waals surface area contributed by atoms with E-state index in [0.29, 0.717) is 46.0 Å². The van der Waals surface area contributed by atoms with Gasteiger partial charge in [-0.15, -0.1) is 0 Å². The number of hydrogen-bond acceptors (Lipinski definition) is 4. The zero-order valence-electron chi connectivity index (χ0n) is 15.6. The van der Waals surface area contributed by atoms with Crippen molar-refractivity contribution >= 4 is 40.9 Å². The molecule has 1 amide bonds. The van der Waals surface area contributed by atoms with E-state index in [1.807, 2.05) is 19.9 Å². The molecule has 0 saturated carbocycles. The summed E-state index contributed by atoms with van der Waals surface area (Å²) in [7, 11) is 0. The quantitative estimate of drug-likeness (QED) is 0.438. The van der Waals surface area contributed by atoms with E-state index in [1.54, 1.807) is 30.3 Å². The van der Waals surface area contributed by atoms with Crippen molar-refractivity contribution < 1.29 is 14.3 Å². The van der Waals surface area contributed by atoms with Gasteiger partial charge in [-0.1, -0.05) is 36.2 Å². The first-order valence-corrected chi connectivity index (χ1v) is 9.51. The van der Waals surface area contributed by atoms with Crippen molar-refractivity contribution in [3.8, 4) is 17.6 Å². The highest BCUT2D eigenvalue weighted by Crippen LogP contribution is 2.30. The maximum absolute atomic E-state index is 12.4. The van der Waals surface area contributed by atoms with Crippen LogP contribution in [0.25, 0.3) is 6.08 Å². The molecule has 0 atom stereocenters. The topological polar surface area (TPSA) is 71.3 Å². The van der Waals surface area contributed by atoms with Gasteiger partial charge in [0.25, 0.3) is 5.91 Å². The Morgan fingerprint density at radius 1 is 1.11 bits per heavy atom. The molecular weight excluding hydrogens is 399 g/mol. The van der Waals surface area contributed by atoms with Crippen LogP contribution in [0, 0.1) is 11.3 Å². The number of nitrogens with zero attached hydrogens (tertiary/aromatic N) is 1. The van der Waals surface area contributed by atoms with Crippen molar-refractivity contribution in [3.05, 3.63) is 57.6 Å². The lowest BCUT2D eigenvalue weighted by molar-refractivity contribution is -0.112. The van der Waals surface area contributed by atoms with Crippen LogP contribution in [0.15, 0.2) is 42.0 Å². The third kappa shape index (κ3) is 5.91. The molecule has 5 nitrogen and oxygen atoms in total. The Hall–Kier alpha value is -2.68. The van der Waals surface area contributed by atoms with E-state index < -0.39 is 5.91 Å². The maximum Gasteiger partial charge on any atom is 0.266 e. The van der Waals surface area contributed by atoms with Gasteiger partial charge < -0.3 is 14.8 Å². The Labute approximate surface area is 174 Å². The Morgan fingerprint density at radius 2 is 1.89 bits per heavy atom. The van der Waals surface area contributed by atoms with Crippen molar-refractivity contribution in [1.29, 1.82) is 5.26 Å². The number of hydrogen-bond donors (Lipinski definition) is 1. The number of rotatable bonds is 8. The van der Waals surface area contributed by atoms with Crippen LogP contribution < -0.4 is 14.8 Å². The molecule has 0 unspecified atom stereocenters. The van der Waals surface area contributed by atoms with Gasteiger partial charge in [-0.25, -0.2) is 0 Å². The van der Waals surface area contributed by atoms with Crippen LogP contribution in [0.1, 0.15) is 25.8 Å². The lowest BCUT2D eigenvalue weighted by atomic mass is 10.1. The molecule has 2 rings (SSSR count). The van der Waals surface area contributed by atoms with Gasteiger partial charge in [0, 0.05) is 5.69 Å². The van der Waals surface area contributed by atoms with Gasteiger partial charge in [-0.05, 0) is 55.3 Å². The summed E-state index contributed by atoms with van der Waals surface area (Å²) >= 11 is 11.8. The Morgan fingerprint density at radius 3 is 2.54 bits per heavy atom. The van der Waals surface area contributed by atoms with Crippen molar-refractivity contribution in [2.45, 2.75) is 20.3 Å². The van der Waals surface area contributed by atoms with Crippen molar-refractivity contribution in [2.75, 3.05) is 18.5 Å². The molecule has 0 aliphatic carbocycles. The standard InChI is InChI=1S/C21H20Cl2N2O3/c1-3-9-28-19-8-5-14(11-20(19)27-4-2)10-15(13-24)21(26)25-16-6-7-17(22)18(23)12-16/h5-8,10-12H,3-4,9H2,1-2H3,(H,25,26)/b15-10+. The van der Waals surface area contributed by atoms with E-state index in [-0.39, 0.29) is 5.57 Å². The maximum atomic E-state index is 12.4. The van der Waals surface area contributed by atoms with Crippen LogP contribution in [0.5, 0.6) is 11.5 Å². The van der Waals surface area contributed by atoms with Crippen LogP contribution in [-0.4, -0.2) is 19.1 Å². The molecule has 0 saturated heterocycles. The Kier molecular flexibility index (Phi) is 8.19. The first-order chi connectivity index (χ1) is 13.5. The number of nitrogens with one attached hydrogen (secondary N) is 1. The number of anilines is 1. The molecule has 0 aromatic heterocycles. The number of nitriles is 1. The molecule has 2 aromatic rings. The summed E-state index contributed by atoms with van der Waals surface area (Å²) in [6.45, 7) is 4.93. The average Bonchev–Trinajstić information content (AvgIpc) is 2.68. The Bertz CT molecular complexity index is 920. The van der Waals surface area contributed by atoms with Crippen LogP contribution in [-0.2, 0) is 4.79 Å². The second-order valence-electron chi connectivity index (χ2n) is 5.74. The number of halogens is 2. The molecule has 0 bridgehead atoms. The predicted molar refractivity (Wildman–Crippen MR) is 112 cm³/mol. The lowest BCUT2D eigenvalue weighted by Gasteiger charge is -2.12. The molecule has 146 valence electrons. The molecule has 0 fully saturated rings. The van der Waals surface area contributed by atoms with Crippen LogP contribution >= 0.6 is 23.2 Å². The number of benzene rings is 2. The van der Waals surface area contributed by atoms with Crippen molar-refractivity contribution in [2.24, 2.45) is 0 Å². The fourth-order valence-corrected chi connectivity index (χ4v) is 2.60. The minimum atomic E-state index is -0.551. The SMILES string of the molecule is CCCOc1ccc(/C=C(\C#N)C(=O)Nc2ccc(Cl)c(Cl)c2)cc1OCC. The van der Waals surface area contributed by atoms with E-state index in [1.165, 1.54) is 12.1 Å². The van der Waals surface area contributed by atoms with E-state index in [9.17, 15) is 10.1 Å². The molecule has 0 radical (unpaired) electrons. The predicted octanol–water partition coefficient (Wildman–Crippen LogP) is 5.73. The van der Waals surface area contributed by atoms with Crippen molar-refractivity contribution in [1.82, 2.24) is 0 Å². The first kappa shape index (κ1) is 21.6. The van der Waals surface area contributed by atoms with E-state index in [0.717, 1.165) is 6.42 Å². The molecule has 0 aliphatic rings. The normalized spacial score (nSPS) is 10.9. The molecule has 0 heterocycles. The zero-order chi connectivity index (χ0) is 20.5. The molecule has 2 aromatic carbocycles. The second kappa shape index (κ2) is 10.6. The van der Waals surface area contributed by atoms with E-state index >= 15 is 0 Å². The van der Waals surface area contributed by atoms with Crippen LogP contribution in [0.2, 0.25) is 10.0 Å². The molecule has 0 spiro atoms. The number of amides is 1. The summed E-state index contributed by atoms with van der Waals surface area (Å²) in [4.78, 5) is 12.4. The molecule has 28 heavy (non-hydrogen) atoms. The summed E-state index contributed by atoms with van der Waals surface area (Å²) in [6.07, 6.45) is 2.36. The summed E-state index contributed by atoms with van der Waals surface area (Å²) < 4.78 is 11.3. The molecule has 0 aliphatic heterocycles. The lowest BCUT2D eigenvalue weighted by Crippen LogP contribution is -2.13. The fraction of sp³-hybridized carbons (Fsp3) is 0.238. The zero-order valence-corrected chi connectivity index (χ0v) is 17.1. The minimum Gasteiger partial charge on any atom is -0.490 e. The van der Waals surface area contributed by atoms with Gasteiger partial charge in [-0.2, -0.15) is 5.26 Å². The highest BCUT2D eigenvalue weighted by Gasteiger charge is 2.12. The minimum absolute atomic E-state index is 0.0595. The Balaban J connectivity index is 2.24. The highest BCUT2D eigenvalue weighted by molar-refractivity contribution is 6.42. The van der Waals surface area contributed by atoms with Gasteiger partial charge in [0.1, 0.15) is 11.6 Å². The number of carbonyl (C=O) groups excluding carboxylic acids is 1. The van der Waals surface area contributed by atoms with E-state index in [2.05, 4.69) is 5.32 Å². The second-order valence-corrected chi connectivity index (χ2v) is 6.55. The van der Waals surface area contributed by atoms with Crippen LogP contribution in [0.3, 0.4) is 0 Å². The summed E-state index contributed by atoms with van der Waals surface area (Å²) in [5.74, 6) is 0.636. The van der Waals surface area contributed by atoms with Gasteiger partial charge >= 0.3 is 0 Å². The summed E-state index contributed by atoms with van der Waals surface area (Å²) in [6, 6.07) is 11.9. The molecule has 7 heteroatoms.